The first-order chi connectivity index (χ1) is 10.0. The van der Waals surface area contributed by atoms with Gasteiger partial charge in [0, 0.05) is 30.3 Å². The SMILES string of the molecule is CC#CCOc1ccc(C2=CCC(C)C(=O)N2C)c(F)c1. The Morgan fingerprint density at radius 1 is 1.48 bits per heavy atom. The van der Waals surface area contributed by atoms with Gasteiger partial charge in [0.25, 0.3) is 0 Å². The van der Waals surface area contributed by atoms with Gasteiger partial charge in [-0.05, 0) is 25.5 Å². The summed E-state index contributed by atoms with van der Waals surface area (Å²) < 4.78 is 19.6. The normalized spacial score (nSPS) is 17.9. The van der Waals surface area contributed by atoms with Gasteiger partial charge in [-0.3, -0.25) is 4.79 Å². The van der Waals surface area contributed by atoms with Gasteiger partial charge >= 0.3 is 0 Å². The third-order valence-electron chi connectivity index (χ3n) is 3.48. The third-order valence-corrected chi connectivity index (χ3v) is 3.48. The second kappa shape index (κ2) is 6.45. The van der Waals surface area contributed by atoms with Crippen molar-refractivity contribution in [2.24, 2.45) is 5.92 Å². The maximum Gasteiger partial charge on any atom is 0.229 e. The van der Waals surface area contributed by atoms with Gasteiger partial charge in [-0.25, -0.2) is 4.39 Å². The summed E-state index contributed by atoms with van der Waals surface area (Å²) in [5.74, 6) is 5.43. The Hall–Kier alpha value is -2.28. The topological polar surface area (TPSA) is 29.5 Å². The fraction of sp³-hybridized carbons (Fsp3) is 0.353. The number of carbonyl (C=O) groups is 1. The van der Waals surface area contributed by atoms with Crippen LogP contribution in [0.2, 0.25) is 0 Å². The minimum atomic E-state index is -0.405. The van der Waals surface area contributed by atoms with Crippen LogP contribution in [0.3, 0.4) is 0 Å². The van der Waals surface area contributed by atoms with Crippen LogP contribution in [0.4, 0.5) is 4.39 Å². The van der Waals surface area contributed by atoms with Gasteiger partial charge in [0.05, 0.1) is 0 Å². The lowest BCUT2D eigenvalue weighted by atomic mass is 9.97. The summed E-state index contributed by atoms with van der Waals surface area (Å²) in [7, 11) is 1.67. The Labute approximate surface area is 124 Å². The minimum absolute atomic E-state index is 0.00504. The molecule has 1 amide bonds. The second-order valence-corrected chi connectivity index (χ2v) is 4.98. The molecule has 0 saturated heterocycles. The number of allylic oxidation sites excluding steroid dienone is 1. The summed E-state index contributed by atoms with van der Waals surface area (Å²) in [6.45, 7) is 3.82. The van der Waals surface area contributed by atoms with Crippen LogP contribution in [0.15, 0.2) is 24.3 Å². The van der Waals surface area contributed by atoms with Crippen LogP contribution in [-0.4, -0.2) is 24.5 Å². The van der Waals surface area contributed by atoms with E-state index in [-0.39, 0.29) is 18.4 Å². The lowest BCUT2D eigenvalue weighted by molar-refractivity contribution is -0.131. The summed E-state index contributed by atoms with van der Waals surface area (Å²) in [4.78, 5) is 13.5. The summed E-state index contributed by atoms with van der Waals surface area (Å²) in [6.07, 6.45) is 2.52. The number of carbonyl (C=O) groups excluding carboxylic acids is 1. The molecule has 110 valence electrons. The number of hydrogen-bond acceptors (Lipinski definition) is 2. The van der Waals surface area contributed by atoms with E-state index in [1.165, 1.54) is 11.0 Å². The molecular formula is C17H18FNO2. The van der Waals surface area contributed by atoms with E-state index < -0.39 is 5.82 Å². The van der Waals surface area contributed by atoms with Crippen LogP contribution in [0.25, 0.3) is 5.70 Å². The van der Waals surface area contributed by atoms with Crippen LogP contribution < -0.4 is 4.74 Å². The number of amides is 1. The lowest BCUT2D eigenvalue weighted by Gasteiger charge is -2.28. The van der Waals surface area contributed by atoms with E-state index in [1.54, 1.807) is 26.1 Å². The Bertz CT molecular complexity index is 640. The van der Waals surface area contributed by atoms with Crippen LogP contribution >= 0.6 is 0 Å². The van der Waals surface area contributed by atoms with Crippen LogP contribution in [-0.2, 0) is 4.79 Å². The largest absolute Gasteiger partial charge is 0.481 e. The highest BCUT2D eigenvalue weighted by atomic mass is 19.1. The molecule has 1 atom stereocenters. The molecule has 0 saturated carbocycles. The van der Waals surface area contributed by atoms with Gasteiger partial charge in [0.1, 0.15) is 18.2 Å². The maximum atomic E-state index is 14.2. The zero-order valence-electron chi connectivity index (χ0n) is 12.4. The third kappa shape index (κ3) is 3.25. The van der Waals surface area contributed by atoms with Crippen LogP contribution in [0.1, 0.15) is 25.8 Å². The van der Waals surface area contributed by atoms with Gasteiger partial charge < -0.3 is 9.64 Å². The van der Waals surface area contributed by atoms with E-state index in [0.29, 0.717) is 23.4 Å². The van der Waals surface area contributed by atoms with Crippen LogP contribution in [0, 0.1) is 23.6 Å². The Balaban J connectivity index is 2.24. The van der Waals surface area contributed by atoms with Crippen molar-refractivity contribution in [3.05, 3.63) is 35.7 Å². The highest BCUT2D eigenvalue weighted by Gasteiger charge is 2.26. The minimum Gasteiger partial charge on any atom is -0.481 e. The fourth-order valence-electron chi connectivity index (χ4n) is 2.25. The van der Waals surface area contributed by atoms with Gasteiger partial charge in [0.2, 0.25) is 5.91 Å². The zero-order chi connectivity index (χ0) is 15.4. The molecule has 1 aromatic rings. The average molecular weight is 287 g/mol. The second-order valence-electron chi connectivity index (χ2n) is 4.98. The quantitative estimate of drug-likeness (QED) is 0.800. The van der Waals surface area contributed by atoms with Crippen molar-refractivity contribution in [2.45, 2.75) is 20.3 Å². The molecule has 1 unspecified atom stereocenters. The number of halogens is 1. The lowest BCUT2D eigenvalue weighted by Crippen LogP contribution is -2.33. The Kier molecular flexibility index (Phi) is 4.64. The Morgan fingerprint density at radius 3 is 2.90 bits per heavy atom. The first-order valence-electron chi connectivity index (χ1n) is 6.84. The molecule has 0 N–H and O–H groups in total. The summed E-state index contributed by atoms with van der Waals surface area (Å²) in [6, 6.07) is 4.65. The van der Waals surface area contributed by atoms with E-state index in [4.69, 9.17) is 4.74 Å². The maximum absolute atomic E-state index is 14.2. The standard InChI is InChI=1S/C17H18FNO2/c1-4-5-10-21-13-7-8-14(15(18)11-13)16-9-6-12(2)17(20)19(16)3/h7-9,11-12H,6,10H2,1-3H3. The number of hydrogen-bond donors (Lipinski definition) is 0. The summed E-state index contributed by atoms with van der Waals surface area (Å²) in [5.41, 5.74) is 1.02. The molecule has 0 aromatic heterocycles. The van der Waals surface area contributed by atoms with Crippen molar-refractivity contribution < 1.29 is 13.9 Å². The first kappa shape index (κ1) is 15.1. The molecule has 0 spiro atoms. The van der Waals surface area contributed by atoms with E-state index in [1.807, 2.05) is 13.0 Å². The first-order valence-corrected chi connectivity index (χ1v) is 6.84. The van der Waals surface area contributed by atoms with Gasteiger partial charge in [-0.1, -0.05) is 18.9 Å². The molecule has 0 radical (unpaired) electrons. The van der Waals surface area contributed by atoms with Crippen molar-refractivity contribution in [1.29, 1.82) is 0 Å². The summed E-state index contributed by atoms with van der Waals surface area (Å²) in [5, 5.41) is 0. The molecular weight excluding hydrogens is 269 g/mol. The molecule has 1 aromatic carbocycles. The van der Waals surface area contributed by atoms with Crippen molar-refractivity contribution in [2.75, 3.05) is 13.7 Å². The molecule has 1 aliphatic rings. The summed E-state index contributed by atoms with van der Waals surface area (Å²) >= 11 is 0. The predicted molar refractivity (Wildman–Crippen MR) is 79.9 cm³/mol. The molecule has 3 nitrogen and oxygen atoms in total. The molecule has 1 heterocycles. The number of benzene rings is 1. The molecule has 4 heteroatoms. The monoisotopic (exact) mass is 287 g/mol. The molecule has 0 aliphatic carbocycles. The molecule has 0 fully saturated rings. The highest BCUT2D eigenvalue weighted by molar-refractivity contribution is 5.90. The van der Waals surface area contributed by atoms with E-state index in [0.717, 1.165) is 0 Å². The van der Waals surface area contributed by atoms with Gasteiger partial charge in [0.15, 0.2) is 0 Å². The predicted octanol–water partition coefficient (Wildman–Crippen LogP) is 3.07. The number of rotatable bonds is 3. The van der Waals surface area contributed by atoms with Crippen molar-refractivity contribution in [3.63, 3.8) is 0 Å². The van der Waals surface area contributed by atoms with Crippen molar-refractivity contribution >= 4 is 11.6 Å². The van der Waals surface area contributed by atoms with Crippen molar-refractivity contribution in [1.82, 2.24) is 4.90 Å². The molecule has 0 bridgehead atoms. The van der Waals surface area contributed by atoms with Crippen molar-refractivity contribution in [3.8, 4) is 17.6 Å². The molecule has 1 aliphatic heterocycles. The van der Waals surface area contributed by atoms with Gasteiger partial charge in [-0.2, -0.15) is 0 Å². The van der Waals surface area contributed by atoms with Gasteiger partial charge in [-0.15, -0.1) is 5.92 Å². The average Bonchev–Trinajstić information content (AvgIpc) is 2.46. The van der Waals surface area contributed by atoms with E-state index in [2.05, 4.69) is 11.8 Å². The van der Waals surface area contributed by atoms with E-state index in [9.17, 15) is 9.18 Å². The molecule has 21 heavy (non-hydrogen) atoms. The zero-order valence-corrected chi connectivity index (χ0v) is 12.4. The highest BCUT2D eigenvalue weighted by Crippen LogP contribution is 2.30. The molecule has 2 rings (SSSR count). The Morgan fingerprint density at radius 2 is 2.24 bits per heavy atom. The number of nitrogens with zero attached hydrogens (tertiary/aromatic N) is 1. The smallest absolute Gasteiger partial charge is 0.229 e. The van der Waals surface area contributed by atoms with Crippen LogP contribution in [0.5, 0.6) is 5.75 Å². The van der Waals surface area contributed by atoms with E-state index >= 15 is 0 Å². The number of ether oxygens (including phenoxy) is 1. The fourth-order valence-corrected chi connectivity index (χ4v) is 2.25.